The molecule has 0 atom stereocenters. The monoisotopic (exact) mass is 289 g/mol. The van der Waals surface area contributed by atoms with Crippen molar-refractivity contribution in [3.05, 3.63) is 58.4 Å². The number of hydrogen-bond donors (Lipinski definition) is 2. The Morgan fingerprint density at radius 2 is 2.10 bits per heavy atom. The summed E-state index contributed by atoms with van der Waals surface area (Å²) in [4.78, 5) is 12.0. The first-order chi connectivity index (χ1) is 9.52. The third-order valence-electron chi connectivity index (χ3n) is 2.64. The number of nitrogens with two attached hydrogens (primary N) is 1. The Morgan fingerprint density at radius 1 is 1.35 bits per heavy atom. The number of carbonyl (C=O) groups excluding carboxylic acids is 1. The second kappa shape index (κ2) is 5.59. The zero-order valence-corrected chi connectivity index (χ0v) is 10.9. The minimum absolute atomic E-state index is 0.151. The van der Waals surface area contributed by atoms with Gasteiger partial charge in [-0.1, -0.05) is 17.7 Å². The first-order valence-electron chi connectivity index (χ1n) is 5.58. The summed E-state index contributed by atoms with van der Waals surface area (Å²) in [5.41, 5.74) is 6.23. The van der Waals surface area contributed by atoms with Crippen molar-refractivity contribution < 1.29 is 9.18 Å². The summed E-state index contributed by atoms with van der Waals surface area (Å²) in [6.45, 7) is 0. The SMILES string of the molecule is N#Cc1cc(NC(=O)c2cccc(Cl)c2N)ccc1F. The number of nitrogen functional groups attached to an aromatic ring is 1. The molecule has 0 bridgehead atoms. The van der Waals surface area contributed by atoms with Gasteiger partial charge in [0, 0.05) is 5.69 Å². The third-order valence-corrected chi connectivity index (χ3v) is 2.97. The van der Waals surface area contributed by atoms with Gasteiger partial charge in [0.1, 0.15) is 11.9 Å². The summed E-state index contributed by atoms with van der Waals surface area (Å²) in [5, 5.41) is 11.5. The number of nitriles is 1. The Morgan fingerprint density at radius 3 is 2.80 bits per heavy atom. The highest BCUT2D eigenvalue weighted by Crippen LogP contribution is 2.23. The number of nitrogens with one attached hydrogen (secondary N) is 1. The minimum Gasteiger partial charge on any atom is -0.397 e. The first-order valence-corrected chi connectivity index (χ1v) is 5.95. The van der Waals surface area contributed by atoms with Gasteiger partial charge in [-0.3, -0.25) is 4.79 Å². The van der Waals surface area contributed by atoms with Crippen molar-refractivity contribution in [2.75, 3.05) is 11.1 Å². The molecule has 0 saturated heterocycles. The van der Waals surface area contributed by atoms with Gasteiger partial charge < -0.3 is 11.1 Å². The number of amides is 1. The fraction of sp³-hybridized carbons (Fsp3) is 0. The topological polar surface area (TPSA) is 78.9 Å². The summed E-state index contributed by atoms with van der Waals surface area (Å²) in [6, 6.07) is 10.1. The van der Waals surface area contributed by atoms with Gasteiger partial charge >= 0.3 is 0 Å². The zero-order chi connectivity index (χ0) is 14.7. The lowest BCUT2D eigenvalue weighted by Gasteiger charge is -2.09. The van der Waals surface area contributed by atoms with E-state index in [4.69, 9.17) is 22.6 Å². The van der Waals surface area contributed by atoms with E-state index in [0.717, 1.165) is 6.07 Å². The Bertz CT molecular complexity index is 725. The van der Waals surface area contributed by atoms with Crippen molar-refractivity contribution in [1.29, 1.82) is 5.26 Å². The molecule has 2 aromatic rings. The lowest BCUT2D eigenvalue weighted by molar-refractivity contribution is 0.102. The highest BCUT2D eigenvalue weighted by molar-refractivity contribution is 6.34. The fourth-order valence-electron chi connectivity index (χ4n) is 1.62. The maximum Gasteiger partial charge on any atom is 0.257 e. The van der Waals surface area contributed by atoms with Gasteiger partial charge in [-0.25, -0.2) is 4.39 Å². The number of benzene rings is 2. The van der Waals surface area contributed by atoms with E-state index >= 15 is 0 Å². The molecule has 0 aromatic heterocycles. The van der Waals surface area contributed by atoms with Crippen LogP contribution in [-0.4, -0.2) is 5.91 Å². The summed E-state index contributed by atoms with van der Waals surface area (Å²) in [5.74, 6) is -1.13. The number of rotatable bonds is 2. The molecule has 0 aliphatic heterocycles. The predicted octanol–water partition coefficient (Wildman–Crippen LogP) is 3.19. The maximum atomic E-state index is 13.2. The van der Waals surface area contributed by atoms with Crippen LogP contribution in [0.5, 0.6) is 0 Å². The number of hydrogen-bond acceptors (Lipinski definition) is 3. The number of para-hydroxylation sites is 1. The standard InChI is InChI=1S/C14H9ClFN3O/c15-11-3-1-2-10(13(11)18)14(20)19-9-4-5-12(16)8(6-9)7-17/h1-6H,18H2,(H,19,20). The summed E-state index contributed by atoms with van der Waals surface area (Å²) < 4.78 is 13.2. The molecule has 0 unspecified atom stereocenters. The lowest BCUT2D eigenvalue weighted by Crippen LogP contribution is -2.14. The third kappa shape index (κ3) is 2.71. The van der Waals surface area contributed by atoms with Crippen molar-refractivity contribution >= 4 is 28.9 Å². The number of anilines is 2. The van der Waals surface area contributed by atoms with E-state index in [-0.39, 0.29) is 21.8 Å². The van der Waals surface area contributed by atoms with Gasteiger partial charge in [-0.05, 0) is 30.3 Å². The Kier molecular flexibility index (Phi) is 3.87. The van der Waals surface area contributed by atoms with Crippen LogP contribution in [-0.2, 0) is 0 Å². The quantitative estimate of drug-likeness (QED) is 0.833. The van der Waals surface area contributed by atoms with E-state index in [1.807, 2.05) is 0 Å². The minimum atomic E-state index is -0.646. The number of carbonyl (C=O) groups is 1. The van der Waals surface area contributed by atoms with Crippen LogP contribution in [0, 0.1) is 17.1 Å². The smallest absolute Gasteiger partial charge is 0.257 e. The van der Waals surface area contributed by atoms with Crippen molar-refractivity contribution in [1.82, 2.24) is 0 Å². The molecule has 100 valence electrons. The van der Waals surface area contributed by atoms with Crippen LogP contribution in [0.1, 0.15) is 15.9 Å². The van der Waals surface area contributed by atoms with E-state index in [0.29, 0.717) is 5.69 Å². The Balaban J connectivity index is 2.29. The summed E-state index contributed by atoms with van der Waals surface area (Å²) in [6.07, 6.45) is 0. The molecule has 4 nitrogen and oxygen atoms in total. The molecule has 2 rings (SSSR count). The van der Waals surface area contributed by atoms with Gasteiger partial charge in [-0.2, -0.15) is 5.26 Å². The van der Waals surface area contributed by atoms with Gasteiger partial charge in [0.25, 0.3) is 5.91 Å². The van der Waals surface area contributed by atoms with E-state index in [2.05, 4.69) is 5.32 Å². The Labute approximate surface area is 119 Å². The molecule has 0 heterocycles. The average Bonchev–Trinajstić information content (AvgIpc) is 2.43. The highest BCUT2D eigenvalue weighted by Gasteiger charge is 2.12. The van der Waals surface area contributed by atoms with Crippen LogP contribution in [0.4, 0.5) is 15.8 Å². The Hall–Kier alpha value is -2.58. The molecule has 3 N–H and O–H groups in total. The molecule has 6 heteroatoms. The fourth-order valence-corrected chi connectivity index (χ4v) is 1.80. The molecule has 0 radical (unpaired) electrons. The van der Waals surface area contributed by atoms with Crippen LogP contribution in [0.15, 0.2) is 36.4 Å². The van der Waals surface area contributed by atoms with Gasteiger partial charge in [-0.15, -0.1) is 0 Å². The summed E-state index contributed by atoms with van der Waals surface area (Å²) >= 11 is 5.83. The number of nitrogens with zero attached hydrogens (tertiary/aromatic N) is 1. The van der Waals surface area contributed by atoms with Crippen LogP contribution in [0.25, 0.3) is 0 Å². The molecule has 0 aliphatic rings. The normalized spacial score (nSPS) is 9.85. The lowest BCUT2D eigenvalue weighted by atomic mass is 10.1. The van der Waals surface area contributed by atoms with E-state index in [9.17, 15) is 9.18 Å². The number of halogens is 2. The second-order valence-electron chi connectivity index (χ2n) is 3.96. The molecular weight excluding hydrogens is 281 g/mol. The molecule has 1 amide bonds. The second-order valence-corrected chi connectivity index (χ2v) is 4.37. The van der Waals surface area contributed by atoms with Gasteiger partial charge in [0.15, 0.2) is 0 Å². The molecular formula is C14H9ClFN3O. The van der Waals surface area contributed by atoms with Crippen molar-refractivity contribution in [2.24, 2.45) is 0 Å². The highest BCUT2D eigenvalue weighted by atomic mass is 35.5. The van der Waals surface area contributed by atoms with Crippen LogP contribution in [0.2, 0.25) is 5.02 Å². The van der Waals surface area contributed by atoms with Crippen molar-refractivity contribution in [3.8, 4) is 6.07 Å². The molecule has 2 aromatic carbocycles. The van der Waals surface area contributed by atoms with Crippen LogP contribution >= 0.6 is 11.6 Å². The molecule has 0 aliphatic carbocycles. The van der Waals surface area contributed by atoms with Crippen LogP contribution in [0.3, 0.4) is 0 Å². The average molecular weight is 290 g/mol. The van der Waals surface area contributed by atoms with Gasteiger partial charge in [0.2, 0.25) is 0 Å². The first kappa shape index (κ1) is 13.8. The van der Waals surface area contributed by atoms with E-state index < -0.39 is 11.7 Å². The molecule has 0 fully saturated rings. The van der Waals surface area contributed by atoms with E-state index in [1.54, 1.807) is 18.2 Å². The molecule has 0 saturated carbocycles. The maximum absolute atomic E-state index is 13.2. The zero-order valence-electron chi connectivity index (χ0n) is 10.2. The van der Waals surface area contributed by atoms with Gasteiger partial charge in [0.05, 0.1) is 21.8 Å². The largest absolute Gasteiger partial charge is 0.397 e. The predicted molar refractivity (Wildman–Crippen MR) is 74.9 cm³/mol. The van der Waals surface area contributed by atoms with Crippen molar-refractivity contribution in [3.63, 3.8) is 0 Å². The summed E-state index contributed by atoms with van der Waals surface area (Å²) in [7, 11) is 0. The molecule has 0 spiro atoms. The van der Waals surface area contributed by atoms with Crippen LogP contribution < -0.4 is 11.1 Å². The molecule has 20 heavy (non-hydrogen) atoms. The van der Waals surface area contributed by atoms with E-state index in [1.165, 1.54) is 18.2 Å². The van der Waals surface area contributed by atoms with Crippen molar-refractivity contribution in [2.45, 2.75) is 0 Å².